The molecule has 2 amide bonds. The monoisotopic (exact) mass is 381 g/mol. The quantitative estimate of drug-likeness (QED) is 0.535. The van der Waals surface area contributed by atoms with E-state index in [1.807, 2.05) is 0 Å². The number of hydrogen-bond donors (Lipinski definition) is 3. The van der Waals surface area contributed by atoms with E-state index in [9.17, 15) is 19.5 Å². The number of aromatic nitrogens is 1. The molecule has 0 fully saturated rings. The molecule has 2 heterocycles. The molecule has 0 saturated carbocycles. The SMILES string of the molecule is O=C(NCCNC(=O)c1ccccc1O)c1ccc(Cn2ccccc2=O)o1. The highest BCUT2D eigenvalue weighted by Gasteiger charge is 2.12. The molecular weight excluding hydrogens is 362 g/mol. The second-order valence-electron chi connectivity index (χ2n) is 5.96. The molecule has 1 aromatic carbocycles. The lowest BCUT2D eigenvalue weighted by molar-refractivity contribution is 0.0908. The molecule has 0 spiro atoms. The number of benzene rings is 1. The van der Waals surface area contributed by atoms with Crippen LogP contribution in [-0.2, 0) is 6.54 Å². The van der Waals surface area contributed by atoms with Gasteiger partial charge in [0.15, 0.2) is 5.76 Å². The number of carbonyl (C=O) groups excluding carboxylic acids is 2. The van der Waals surface area contributed by atoms with E-state index in [2.05, 4.69) is 10.6 Å². The molecule has 2 aromatic heterocycles. The Morgan fingerprint density at radius 2 is 1.64 bits per heavy atom. The van der Waals surface area contributed by atoms with Crippen LogP contribution in [0, 0.1) is 0 Å². The molecule has 0 aliphatic heterocycles. The Bertz CT molecular complexity index is 1040. The van der Waals surface area contributed by atoms with Crippen LogP contribution in [0.4, 0.5) is 0 Å². The number of phenols is 1. The Labute approximate surface area is 160 Å². The third-order valence-electron chi connectivity index (χ3n) is 3.96. The standard InChI is InChI=1S/C20H19N3O5/c24-16-6-2-1-5-15(16)19(26)21-10-11-22-20(27)17-9-8-14(28-17)13-23-12-4-3-7-18(23)25/h1-9,12,24H,10-11,13H2,(H,21,26)(H,22,27). The van der Waals surface area contributed by atoms with Gasteiger partial charge < -0.3 is 24.7 Å². The third kappa shape index (κ3) is 4.67. The number of furan rings is 1. The lowest BCUT2D eigenvalue weighted by atomic mass is 10.2. The highest BCUT2D eigenvalue weighted by Crippen LogP contribution is 2.14. The Morgan fingerprint density at radius 1 is 0.929 bits per heavy atom. The minimum Gasteiger partial charge on any atom is -0.507 e. The molecule has 0 aliphatic rings. The zero-order chi connectivity index (χ0) is 19.9. The molecular formula is C20H19N3O5. The van der Waals surface area contributed by atoms with Crippen LogP contribution in [-0.4, -0.2) is 34.6 Å². The van der Waals surface area contributed by atoms with E-state index >= 15 is 0 Å². The van der Waals surface area contributed by atoms with E-state index in [4.69, 9.17) is 4.42 Å². The lowest BCUT2D eigenvalue weighted by Gasteiger charge is -2.07. The summed E-state index contributed by atoms with van der Waals surface area (Å²) in [6, 6.07) is 14.2. The molecule has 8 heteroatoms. The molecule has 0 atom stereocenters. The van der Waals surface area contributed by atoms with Gasteiger partial charge in [-0.2, -0.15) is 0 Å². The van der Waals surface area contributed by atoms with Gasteiger partial charge >= 0.3 is 0 Å². The number of hydrogen-bond acceptors (Lipinski definition) is 5. The van der Waals surface area contributed by atoms with E-state index in [1.165, 1.54) is 28.8 Å². The van der Waals surface area contributed by atoms with Gasteiger partial charge in [0, 0.05) is 25.4 Å². The van der Waals surface area contributed by atoms with Gasteiger partial charge in [-0.3, -0.25) is 14.4 Å². The number of amides is 2. The van der Waals surface area contributed by atoms with Crippen molar-refractivity contribution < 1.29 is 19.1 Å². The van der Waals surface area contributed by atoms with Crippen molar-refractivity contribution >= 4 is 11.8 Å². The normalized spacial score (nSPS) is 10.4. The van der Waals surface area contributed by atoms with Crippen LogP contribution in [0.5, 0.6) is 5.75 Å². The number of nitrogens with zero attached hydrogens (tertiary/aromatic N) is 1. The first-order valence-electron chi connectivity index (χ1n) is 8.63. The molecule has 0 radical (unpaired) electrons. The Morgan fingerprint density at radius 3 is 2.39 bits per heavy atom. The number of para-hydroxylation sites is 1. The molecule has 0 aliphatic carbocycles. The number of aromatic hydroxyl groups is 1. The lowest BCUT2D eigenvalue weighted by Crippen LogP contribution is -2.34. The van der Waals surface area contributed by atoms with Crippen molar-refractivity contribution in [2.45, 2.75) is 6.54 Å². The maximum absolute atomic E-state index is 12.1. The maximum atomic E-state index is 12.1. The molecule has 3 aromatic rings. The van der Waals surface area contributed by atoms with Crippen molar-refractivity contribution in [2.24, 2.45) is 0 Å². The summed E-state index contributed by atoms with van der Waals surface area (Å²) >= 11 is 0. The van der Waals surface area contributed by atoms with E-state index < -0.39 is 11.8 Å². The van der Waals surface area contributed by atoms with Gasteiger partial charge in [0.25, 0.3) is 17.4 Å². The fraction of sp³-hybridized carbons (Fsp3) is 0.150. The van der Waals surface area contributed by atoms with Gasteiger partial charge in [-0.1, -0.05) is 18.2 Å². The van der Waals surface area contributed by atoms with Crippen LogP contribution in [0.2, 0.25) is 0 Å². The van der Waals surface area contributed by atoms with Crippen molar-refractivity contribution in [1.82, 2.24) is 15.2 Å². The van der Waals surface area contributed by atoms with Crippen LogP contribution in [0.1, 0.15) is 26.7 Å². The van der Waals surface area contributed by atoms with E-state index in [0.29, 0.717) is 5.76 Å². The van der Waals surface area contributed by atoms with Crippen molar-refractivity contribution in [3.05, 3.63) is 88.2 Å². The van der Waals surface area contributed by atoms with Gasteiger partial charge in [0.05, 0.1) is 12.1 Å². The fourth-order valence-electron chi connectivity index (χ4n) is 2.54. The van der Waals surface area contributed by atoms with Crippen LogP contribution < -0.4 is 16.2 Å². The van der Waals surface area contributed by atoms with Gasteiger partial charge in [-0.25, -0.2) is 0 Å². The zero-order valence-electron chi connectivity index (χ0n) is 14.9. The zero-order valence-corrected chi connectivity index (χ0v) is 14.9. The number of rotatable bonds is 7. The van der Waals surface area contributed by atoms with Gasteiger partial charge in [-0.15, -0.1) is 0 Å². The van der Waals surface area contributed by atoms with Crippen molar-refractivity contribution in [3.8, 4) is 5.75 Å². The molecule has 0 bridgehead atoms. The largest absolute Gasteiger partial charge is 0.507 e. The van der Waals surface area contributed by atoms with E-state index in [0.717, 1.165) is 0 Å². The highest BCUT2D eigenvalue weighted by molar-refractivity contribution is 5.96. The summed E-state index contributed by atoms with van der Waals surface area (Å²) in [5.41, 5.74) is 0.00533. The molecule has 8 nitrogen and oxygen atoms in total. The van der Waals surface area contributed by atoms with Gasteiger partial charge in [0.1, 0.15) is 11.5 Å². The molecule has 0 unspecified atom stereocenters. The topological polar surface area (TPSA) is 114 Å². The number of pyridine rings is 1. The molecule has 3 N–H and O–H groups in total. The smallest absolute Gasteiger partial charge is 0.287 e. The maximum Gasteiger partial charge on any atom is 0.287 e. The van der Waals surface area contributed by atoms with Crippen LogP contribution in [0.25, 0.3) is 0 Å². The fourth-order valence-corrected chi connectivity index (χ4v) is 2.54. The Hall–Kier alpha value is -3.81. The summed E-state index contributed by atoms with van der Waals surface area (Å²) in [7, 11) is 0. The number of carbonyl (C=O) groups is 2. The summed E-state index contributed by atoms with van der Waals surface area (Å²) in [5, 5.41) is 14.9. The molecule has 0 saturated heterocycles. The minimum atomic E-state index is -0.430. The van der Waals surface area contributed by atoms with Gasteiger partial charge in [0.2, 0.25) is 0 Å². The first-order chi connectivity index (χ1) is 13.5. The van der Waals surface area contributed by atoms with Crippen molar-refractivity contribution in [3.63, 3.8) is 0 Å². The first kappa shape index (κ1) is 19.0. The summed E-state index contributed by atoms with van der Waals surface area (Å²) in [4.78, 5) is 35.8. The average molecular weight is 381 g/mol. The van der Waals surface area contributed by atoms with Crippen molar-refractivity contribution in [1.29, 1.82) is 0 Å². The number of nitrogens with one attached hydrogen (secondary N) is 2. The second-order valence-corrected chi connectivity index (χ2v) is 5.96. The first-order valence-corrected chi connectivity index (χ1v) is 8.63. The highest BCUT2D eigenvalue weighted by atomic mass is 16.4. The Kier molecular flexibility index (Phi) is 5.91. The summed E-state index contributed by atoms with van der Waals surface area (Å²) in [6.07, 6.45) is 1.64. The van der Waals surface area contributed by atoms with Crippen LogP contribution in [0.15, 0.2) is 70.0 Å². The predicted molar refractivity (Wildman–Crippen MR) is 101 cm³/mol. The average Bonchev–Trinajstić information content (AvgIpc) is 3.16. The molecule has 28 heavy (non-hydrogen) atoms. The summed E-state index contributed by atoms with van der Waals surface area (Å²) < 4.78 is 6.94. The van der Waals surface area contributed by atoms with Crippen molar-refractivity contribution in [2.75, 3.05) is 13.1 Å². The molecule has 3 rings (SSSR count). The van der Waals surface area contributed by atoms with Crippen LogP contribution >= 0.6 is 0 Å². The van der Waals surface area contributed by atoms with E-state index in [1.54, 1.807) is 36.5 Å². The molecule has 144 valence electrons. The second kappa shape index (κ2) is 8.72. The Balaban J connectivity index is 1.47. The number of phenolic OH excluding ortho intramolecular Hbond substituents is 1. The summed E-state index contributed by atoms with van der Waals surface area (Å²) in [6.45, 7) is 0.599. The summed E-state index contributed by atoms with van der Waals surface area (Å²) in [5.74, 6) is -0.369. The predicted octanol–water partition coefficient (Wildman–Crippen LogP) is 1.35. The van der Waals surface area contributed by atoms with Crippen LogP contribution in [0.3, 0.4) is 0 Å². The third-order valence-corrected chi connectivity index (χ3v) is 3.96. The van der Waals surface area contributed by atoms with Gasteiger partial charge in [-0.05, 0) is 30.3 Å². The van der Waals surface area contributed by atoms with E-state index in [-0.39, 0.29) is 42.3 Å². The minimum absolute atomic E-state index is 0.107.